The van der Waals surface area contributed by atoms with Crippen LogP contribution in [0.2, 0.25) is 0 Å². The van der Waals surface area contributed by atoms with Crippen LogP contribution >= 0.6 is 12.6 Å². The minimum atomic E-state index is -0.756. The van der Waals surface area contributed by atoms with Crippen LogP contribution in [-0.2, 0) is 86.2 Å². The Morgan fingerprint density at radius 3 is 0.717 bits per heavy atom. The van der Waals surface area contributed by atoms with Crippen LogP contribution in [0.5, 0.6) is 0 Å². The number of aliphatic hydroxyl groups is 4. The molecule has 0 aliphatic heterocycles. The number of esters is 2. The number of benzene rings is 2. The summed E-state index contributed by atoms with van der Waals surface area (Å²) in [7, 11) is 0. The molecule has 2 rings (SSSR count). The van der Waals surface area contributed by atoms with Crippen molar-refractivity contribution >= 4 is 119 Å². The van der Waals surface area contributed by atoms with Crippen molar-refractivity contribution in [2.24, 2.45) is 0 Å². The van der Waals surface area contributed by atoms with Gasteiger partial charge in [0.05, 0.1) is 26.2 Å². The molecule has 0 saturated heterocycles. The number of hydrogen-bond acceptors (Lipinski definition) is 25. The monoisotopic (exact) mass is 1520 g/mol. The molecule has 0 saturated carbocycles. The number of ether oxygens (including phenoxy) is 2. The highest BCUT2D eigenvalue weighted by Crippen LogP contribution is 2.08. The van der Waals surface area contributed by atoms with Gasteiger partial charge in [0.2, 0.25) is 59.1 Å². The van der Waals surface area contributed by atoms with E-state index in [0.29, 0.717) is 43.2 Å². The van der Waals surface area contributed by atoms with E-state index in [2.05, 4.69) is 76.4 Å². The third kappa shape index (κ3) is 54.5. The summed E-state index contributed by atoms with van der Waals surface area (Å²) in [4.78, 5) is 202. The molecule has 0 fully saturated rings. The summed E-state index contributed by atoms with van der Waals surface area (Å²) >= 11 is 3.95. The van der Waals surface area contributed by atoms with E-state index in [1.54, 1.807) is 137 Å². The fraction of sp³-hybridized carbons (Fsp3) is 0.565. The Balaban J connectivity index is -0.000000591. The van der Waals surface area contributed by atoms with Crippen LogP contribution in [0.1, 0.15) is 157 Å². The van der Waals surface area contributed by atoms with Crippen molar-refractivity contribution in [2.45, 2.75) is 183 Å². The van der Waals surface area contributed by atoms with Crippen molar-refractivity contribution in [2.75, 3.05) is 71.4 Å². The summed E-state index contributed by atoms with van der Waals surface area (Å²) in [5, 5.41) is 63.2. The van der Waals surface area contributed by atoms with E-state index in [0.717, 1.165) is 0 Å². The number of nitrogens with one attached hydrogen (secondary N) is 12. The summed E-state index contributed by atoms with van der Waals surface area (Å²) in [6.07, 6.45) is 2.15. The number of aliphatic hydroxyl groups excluding tert-OH is 4. The van der Waals surface area contributed by atoms with Crippen LogP contribution in [-0.4, -0.2) is 245 Å². The normalized spacial score (nSPS) is 11.9. The van der Waals surface area contributed by atoms with Gasteiger partial charge in [-0.15, -0.1) is 0 Å². The lowest BCUT2D eigenvalue weighted by atomic mass is 10.1. The van der Waals surface area contributed by atoms with E-state index in [4.69, 9.17) is 29.9 Å². The van der Waals surface area contributed by atoms with Gasteiger partial charge in [-0.25, -0.2) is 0 Å². The topological polar surface area (TPSA) is 551 Å². The number of amides is 12. The lowest BCUT2D eigenvalue weighted by Gasteiger charge is -2.20. The molecule has 2 aromatic carbocycles. The fourth-order valence-corrected chi connectivity index (χ4v) is 7.64. The molecule has 0 aliphatic rings. The van der Waals surface area contributed by atoms with E-state index in [1.807, 2.05) is 0 Å². The second-order valence-corrected chi connectivity index (χ2v) is 24.7. The number of Topliss-reactive ketones (excluding diaryl/α,β-unsaturated/α-hetero) is 4. The van der Waals surface area contributed by atoms with Gasteiger partial charge in [0, 0.05) is 44.6 Å². The zero-order valence-electron chi connectivity index (χ0n) is 63.0. The molecule has 0 radical (unpaired) electrons. The number of hydrogen-bond donors (Lipinski definition) is 17. The van der Waals surface area contributed by atoms with Gasteiger partial charge in [0.25, 0.3) is 11.8 Å². The molecular weight excluding hydrogens is 1410 g/mol. The van der Waals surface area contributed by atoms with Gasteiger partial charge >= 0.3 is 11.9 Å². The first-order chi connectivity index (χ1) is 49.5. The minimum absolute atomic E-state index is 0.153. The quantitative estimate of drug-likeness (QED) is 0.0241. The Labute approximate surface area is 622 Å². The van der Waals surface area contributed by atoms with Crippen molar-refractivity contribution in [3.8, 4) is 0 Å². The molecular formula is C69H110N12O24S. The molecule has 12 amide bonds. The first-order valence-corrected chi connectivity index (χ1v) is 34.1. The van der Waals surface area contributed by atoms with Crippen LogP contribution < -0.4 is 63.8 Å². The highest BCUT2D eigenvalue weighted by molar-refractivity contribution is 7.80. The summed E-state index contributed by atoms with van der Waals surface area (Å²) in [6.45, 7) is 20.7. The van der Waals surface area contributed by atoms with Crippen molar-refractivity contribution < 1.29 is 116 Å². The second kappa shape index (κ2) is 58.2. The van der Waals surface area contributed by atoms with E-state index in [9.17, 15) is 86.3 Å². The van der Waals surface area contributed by atoms with Crippen molar-refractivity contribution in [1.29, 1.82) is 0 Å². The maximum absolute atomic E-state index is 11.9. The first kappa shape index (κ1) is 102. The van der Waals surface area contributed by atoms with Crippen LogP contribution in [0.25, 0.3) is 0 Å². The molecule has 16 N–H and O–H groups in total. The van der Waals surface area contributed by atoms with Gasteiger partial charge in [0.15, 0.2) is 23.1 Å². The van der Waals surface area contributed by atoms with Crippen molar-refractivity contribution in [3.05, 3.63) is 71.8 Å². The maximum Gasteiger partial charge on any atom is 0.325 e. The molecule has 0 aliphatic carbocycles. The van der Waals surface area contributed by atoms with Crippen LogP contribution in [0.15, 0.2) is 60.7 Å². The Morgan fingerprint density at radius 2 is 0.528 bits per heavy atom. The molecule has 106 heavy (non-hydrogen) atoms. The maximum atomic E-state index is 11.9. The highest BCUT2D eigenvalue weighted by atomic mass is 32.1. The molecule has 596 valence electrons. The standard InChI is InChI=1S/2C14H18N2O4.C12H22N2O4.C11H20N2O4S.2C9H16N2O4/c2*1-2-12(14(20)15-8-11(18)9-17)16-13(19)10-6-4-3-5-7-10;1-6-9(14-8(2)15)11(17)13-7-10(16)18-12(3,4)5;1-7(14)13-8(6-18)10(16)12-5-9(15)17-11(2,3)4;2*1-3-8(11-6(2)13)9(15)10-4-7(14)5-12/h2*3-7,12,17H,2,8-9H2,1H3,(H,15,20)(H,16,19);9H,6-7H2,1-5H3,(H,13,17)(H,14,15);8,18H,5-6H2,1-4H3,(H,12,16)(H,13,14);2*8,12H,3-5H2,1-2H3,(H,10,15)(H,11,13)/t2*12-;9-;3*8-/m000000/s1. The predicted molar refractivity (Wildman–Crippen MR) is 389 cm³/mol. The SMILES string of the molecule is CC(=O)N[C@@H](CS)C(=O)NCC(=O)OC(C)(C)C.CC[C@H](NC(=O)c1ccccc1)C(=O)NCC(=O)CO.CC[C@H](NC(=O)c1ccccc1)C(=O)NCC(=O)CO.CC[C@H](NC(C)=O)C(=O)NCC(=O)CO.CC[C@H](NC(C)=O)C(=O)NCC(=O)CO.CC[C@H](NC(C)=O)C(=O)NCC(=O)OC(C)(C)C. The fourth-order valence-electron chi connectivity index (χ4n) is 7.38. The van der Waals surface area contributed by atoms with Gasteiger partial charge in [-0.2, -0.15) is 12.6 Å². The van der Waals surface area contributed by atoms with E-state index in [1.165, 1.54) is 27.7 Å². The Kier molecular flexibility index (Phi) is 56.1. The summed E-state index contributed by atoms with van der Waals surface area (Å²) in [6, 6.07) is 13.0. The van der Waals surface area contributed by atoms with E-state index in [-0.39, 0.29) is 80.5 Å². The Hall–Kier alpha value is -10.1. The van der Waals surface area contributed by atoms with Crippen LogP contribution in [0, 0.1) is 0 Å². The molecule has 0 aromatic heterocycles. The average Bonchev–Trinajstić information content (AvgIpc) is 0.890. The van der Waals surface area contributed by atoms with Gasteiger partial charge in [0.1, 0.15) is 87.0 Å². The lowest BCUT2D eigenvalue weighted by Crippen LogP contribution is -2.48. The first-order valence-electron chi connectivity index (χ1n) is 33.5. The largest absolute Gasteiger partial charge is 0.459 e. The zero-order valence-corrected chi connectivity index (χ0v) is 63.8. The van der Waals surface area contributed by atoms with E-state index < -0.39 is 144 Å². The van der Waals surface area contributed by atoms with E-state index >= 15 is 0 Å². The lowest BCUT2D eigenvalue weighted by molar-refractivity contribution is -0.155. The van der Waals surface area contributed by atoms with Crippen molar-refractivity contribution in [1.82, 2.24) is 63.8 Å². The molecule has 6 atom stereocenters. The third-order valence-electron chi connectivity index (χ3n) is 12.5. The number of rotatable bonds is 36. The smallest absolute Gasteiger partial charge is 0.325 e. The van der Waals surface area contributed by atoms with Gasteiger partial charge < -0.3 is 93.7 Å². The zero-order chi connectivity index (χ0) is 82.3. The highest BCUT2D eigenvalue weighted by Gasteiger charge is 2.26. The Bertz CT molecular complexity index is 2940. The summed E-state index contributed by atoms with van der Waals surface area (Å²) in [5.41, 5.74) is -0.248. The van der Waals surface area contributed by atoms with Gasteiger partial charge in [-0.05, 0) is 97.9 Å². The molecule has 37 heteroatoms. The van der Waals surface area contributed by atoms with Crippen LogP contribution in [0.4, 0.5) is 0 Å². The molecule has 0 spiro atoms. The number of thiol groups is 1. The number of carbonyl (C=O) groups is 18. The third-order valence-corrected chi connectivity index (χ3v) is 12.9. The van der Waals surface area contributed by atoms with Crippen LogP contribution in [0.3, 0.4) is 0 Å². The van der Waals surface area contributed by atoms with Crippen molar-refractivity contribution in [3.63, 3.8) is 0 Å². The molecule has 0 heterocycles. The molecule has 0 bridgehead atoms. The van der Waals surface area contributed by atoms with Gasteiger partial charge in [-0.3, -0.25) is 86.3 Å². The average molecular weight is 1520 g/mol. The Morgan fingerprint density at radius 1 is 0.330 bits per heavy atom. The minimum Gasteiger partial charge on any atom is -0.459 e. The summed E-state index contributed by atoms with van der Waals surface area (Å²) < 4.78 is 10.1. The predicted octanol–water partition coefficient (Wildman–Crippen LogP) is -2.86. The number of ketones is 4. The second-order valence-electron chi connectivity index (χ2n) is 24.3. The molecule has 36 nitrogen and oxygen atoms in total. The molecule has 0 unspecified atom stereocenters. The number of carbonyl (C=O) groups excluding carboxylic acids is 18. The van der Waals surface area contributed by atoms with Gasteiger partial charge in [-0.1, -0.05) is 71.0 Å². The molecule has 2 aromatic rings. The summed E-state index contributed by atoms with van der Waals surface area (Å²) in [5.74, 6) is -7.29.